The number of anilines is 1. The number of carbonyl (C=O) groups is 2. The summed E-state index contributed by atoms with van der Waals surface area (Å²) in [5.41, 5.74) is 3.42. The number of benzene rings is 3. The predicted octanol–water partition coefficient (Wildman–Crippen LogP) is 6.45. The summed E-state index contributed by atoms with van der Waals surface area (Å²) >= 11 is 6.04. The molecule has 0 bridgehead atoms. The number of fused-ring (bicyclic) bond motifs is 2. The molecular formula is C34H37ClN2O4. The molecule has 1 N–H and O–H groups in total. The van der Waals surface area contributed by atoms with Crippen LogP contribution in [0.3, 0.4) is 0 Å². The minimum Gasteiger partial charge on any atom is -0.459 e. The van der Waals surface area contributed by atoms with Gasteiger partial charge in [-0.2, -0.15) is 0 Å². The highest BCUT2D eigenvalue weighted by molar-refractivity contribution is 6.30. The molecule has 214 valence electrons. The van der Waals surface area contributed by atoms with Crippen LogP contribution in [0.15, 0.2) is 78.9 Å². The number of aliphatic hydroxyl groups is 1. The van der Waals surface area contributed by atoms with Crippen molar-refractivity contribution in [2.45, 2.75) is 51.2 Å². The summed E-state index contributed by atoms with van der Waals surface area (Å²) in [6.07, 6.45) is 4.29. The maximum Gasteiger partial charge on any atom is 0.326 e. The Hall–Kier alpha value is -3.45. The first kappa shape index (κ1) is 29.1. The molecule has 41 heavy (non-hydrogen) atoms. The van der Waals surface area contributed by atoms with E-state index < -0.39 is 17.2 Å². The fraction of sp³-hybridized carbons (Fsp3) is 0.353. The Morgan fingerprint density at radius 1 is 0.951 bits per heavy atom. The molecule has 0 radical (unpaired) electrons. The average molecular weight is 573 g/mol. The fourth-order valence-corrected chi connectivity index (χ4v) is 5.83. The number of esters is 1. The van der Waals surface area contributed by atoms with Gasteiger partial charge in [0.05, 0.1) is 11.3 Å². The minimum atomic E-state index is -0.837. The van der Waals surface area contributed by atoms with Gasteiger partial charge in [0.2, 0.25) is 0 Å². The molecule has 0 aromatic heterocycles. The summed E-state index contributed by atoms with van der Waals surface area (Å²) < 4.78 is 5.56. The van der Waals surface area contributed by atoms with Crippen molar-refractivity contribution in [3.63, 3.8) is 0 Å². The monoisotopic (exact) mass is 572 g/mol. The van der Waals surface area contributed by atoms with Crippen molar-refractivity contribution in [3.05, 3.63) is 106 Å². The molecule has 7 heteroatoms. The number of halogens is 1. The third-order valence-electron chi connectivity index (χ3n) is 7.74. The maximum absolute atomic E-state index is 13.8. The van der Waals surface area contributed by atoms with Crippen molar-refractivity contribution in [1.29, 1.82) is 0 Å². The van der Waals surface area contributed by atoms with Gasteiger partial charge in [0, 0.05) is 35.8 Å². The van der Waals surface area contributed by atoms with Gasteiger partial charge in [0.25, 0.3) is 5.91 Å². The summed E-state index contributed by atoms with van der Waals surface area (Å²) in [5, 5.41) is 11.9. The summed E-state index contributed by atoms with van der Waals surface area (Å²) in [5.74, 6) is -0.672. The summed E-state index contributed by atoms with van der Waals surface area (Å²) in [7, 11) is 0. The first-order valence-corrected chi connectivity index (χ1v) is 14.6. The lowest BCUT2D eigenvalue weighted by molar-refractivity contribution is -0.152. The van der Waals surface area contributed by atoms with Crippen molar-refractivity contribution >= 4 is 34.7 Å². The SMILES string of the molecule is CC(C)(C)OC(=O)CN1C(=O)c2ccccc2C(=CCCN2CCC(O)(c3ccc(Cl)cc3)CC2)c2ccccc21. The van der Waals surface area contributed by atoms with Crippen LogP contribution in [0.2, 0.25) is 5.02 Å². The van der Waals surface area contributed by atoms with Crippen LogP contribution in [-0.4, -0.2) is 53.7 Å². The van der Waals surface area contributed by atoms with Crippen LogP contribution in [0.4, 0.5) is 5.69 Å². The quantitative estimate of drug-likeness (QED) is 0.344. The highest BCUT2D eigenvalue weighted by Crippen LogP contribution is 2.39. The summed E-state index contributed by atoms with van der Waals surface area (Å²) in [6.45, 7) is 7.70. The second kappa shape index (κ2) is 11.8. The molecule has 3 aromatic rings. The van der Waals surface area contributed by atoms with Gasteiger partial charge in [-0.3, -0.25) is 14.5 Å². The Kier molecular flexibility index (Phi) is 8.37. The lowest BCUT2D eigenvalue weighted by Crippen LogP contribution is -2.42. The molecule has 0 spiro atoms. The molecule has 0 saturated carbocycles. The zero-order valence-electron chi connectivity index (χ0n) is 23.9. The second-order valence-corrected chi connectivity index (χ2v) is 12.3. The first-order valence-electron chi connectivity index (χ1n) is 14.2. The van der Waals surface area contributed by atoms with Gasteiger partial charge in [-0.15, -0.1) is 0 Å². The van der Waals surface area contributed by atoms with Gasteiger partial charge in [-0.1, -0.05) is 66.2 Å². The normalized spacial score (nSPS) is 18.0. The molecule has 0 atom stereocenters. The predicted molar refractivity (Wildman–Crippen MR) is 163 cm³/mol. The van der Waals surface area contributed by atoms with Gasteiger partial charge in [0.15, 0.2) is 0 Å². The third kappa shape index (κ3) is 6.56. The Balaban J connectivity index is 1.36. The minimum absolute atomic E-state index is 0.168. The number of ether oxygens (including phenoxy) is 1. The molecule has 1 fully saturated rings. The third-order valence-corrected chi connectivity index (χ3v) is 8.00. The molecule has 1 saturated heterocycles. The number of rotatable bonds is 6. The van der Waals surface area contributed by atoms with E-state index in [1.165, 1.54) is 4.90 Å². The van der Waals surface area contributed by atoms with E-state index in [-0.39, 0.29) is 12.5 Å². The van der Waals surface area contributed by atoms with Crippen molar-refractivity contribution in [1.82, 2.24) is 4.90 Å². The lowest BCUT2D eigenvalue weighted by atomic mass is 9.84. The summed E-state index contributed by atoms with van der Waals surface area (Å²) in [4.78, 5) is 30.5. The number of nitrogens with zero attached hydrogens (tertiary/aromatic N) is 2. The Bertz CT molecular complexity index is 1450. The second-order valence-electron chi connectivity index (χ2n) is 11.8. The molecule has 2 aliphatic heterocycles. The number of carbonyl (C=O) groups excluding carboxylic acids is 2. The van der Waals surface area contributed by atoms with E-state index >= 15 is 0 Å². The number of hydrogen-bond donors (Lipinski definition) is 1. The molecule has 3 aromatic carbocycles. The van der Waals surface area contributed by atoms with Crippen molar-refractivity contribution < 1.29 is 19.4 Å². The molecule has 6 nitrogen and oxygen atoms in total. The maximum atomic E-state index is 13.8. The van der Waals surface area contributed by atoms with Crippen LogP contribution < -0.4 is 4.90 Å². The standard InChI is InChI=1S/C34H37ClN2O4/c1-33(2,3)41-31(38)23-37-30-13-7-6-10-28(30)26(27-9-4-5-11-29(27)32(37)39)12-8-20-36-21-18-34(40,19-22-36)24-14-16-25(35)17-15-24/h4-7,9-17,40H,8,18-23H2,1-3H3. The van der Waals surface area contributed by atoms with Crippen LogP contribution in [0.1, 0.15) is 67.1 Å². The molecular weight excluding hydrogens is 536 g/mol. The topological polar surface area (TPSA) is 70.1 Å². The van der Waals surface area contributed by atoms with Crippen molar-refractivity contribution in [3.8, 4) is 0 Å². The van der Waals surface area contributed by atoms with Gasteiger partial charge >= 0.3 is 5.97 Å². The van der Waals surface area contributed by atoms with E-state index in [0.717, 1.165) is 48.3 Å². The average Bonchev–Trinajstić information content (AvgIpc) is 3.03. The molecule has 5 rings (SSSR count). The van der Waals surface area contributed by atoms with Crippen molar-refractivity contribution in [2.75, 3.05) is 31.1 Å². The van der Waals surface area contributed by atoms with Gasteiger partial charge in [-0.05, 0) is 81.0 Å². The molecule has 2 heterocycles. The van der Waals surface area contributed by atoms with Crippen LogP contribution in [0, 0.1) is 0 Å². The van der Waals surface area contributed by atoms with E-state index in [9.17, 15) is 14.7 Å². The highest BCUT2D eigenvalue weighted by Gasteiger charge is 2.34. The number of para-hydroxylation sites is 1. The zero-order chi connectivity index (χ0) is 29.2. The van der Waals surface area contributed by atoms with Gasteiger partial charge in [0.1, 0.15) is 12.1 Å². The van der Waals surface area contributed by atoms with Crippen LogP contribution in [-0.2, 0) is 15.1 Å². The van der Waals surface area contributed by atoms with Gasteiger partial charge in [-0.25, -0.2) is 0 Å². The molecule has 2 aliphatic rings. The van der Waals surface area contributed by atoms with Gasteiger partial charge < -0.3 is 14.7 Å². The van der Waals surface area contributed by atoms with Crippen LogP contribution >= 0.6 is 11.6 Å². The molecule has 1 amide bonds. The Morgan fingerprint density at radius 2 is 1.56 bits per heavy atom. The number of hydrogen-bond acceptors (Lipinski definition) is 5. The first-order chi connectivity index (χ1) is 19.5. The lowest BCUT2D eigenvalue weighted by Gasteiger charge is -2.38. The van der Waals surface area contributed by atoms with Crippen LogP contribution in [0.25, 0.3) is 5.57 Å². The smallest absolute Gasteiger partial charge is 0.326 e. The van der Waals surface area contributed by atoms with E-state index in [1.807, 2.05) is 93.6 Å². The van der Waals surface area contributed by atoms with Crippen LogP contribution in [0.5, 0.6) is 0 Å². The van der Waals surface area contributed by atoms with Crippen molar-refractivity contribution in [2.24, 2.45) is 0 Å². The Labute approximate surface area is 247 Å². The molecule has 0 aliphatic carbocycles. The number of amides is 1. The Morgan fingerprint density at radius 3 is 2.22 bits per heavy atom. The number of likely N-dealkylation sites (tertiary alicyclic amines) is 1. The molecule has 0 unspecified atom stereocenters. The van der Waals surface area contributed by atoms with E-state index in [1.54, 1.807) is 0 Å². The number of piperidine rings is 1. The van der Waals surface area contributed by atoms with E-state index in [2.05, 4.69) is 11.0 Å². The summed E-state index contributed by atoms with van der Waals surface area (Å²) in [6, 6.07) is 22.8. The van der Waals surface area contributed by atoms with E-state index in [4.69, 9.17) is 16.3 Å². The largest absolute Gasteiger partial charge is 0.459 e. The highest BCUT2D eigenvalue weighted by atomic mass is 35.5. The zero-order valence-corrected chi connectivity index (χ0v) is 24.7. The fourth-order valence-electron chi connectivity index (χ4n) is 5.71. The van der Waals surface area contributed by atoms with E-state index in [0.29, 0.717) is 29.1 Å².